The summed E-state index contributed by atoms with van der Waals surface area (Å²) < 4.78 is 39.2. The van der Waals surface area contributed by atoms with E-state index in [1.807, 2.05) is 6.07 Å². The molecule has 1 aromatic carbocycles. The quantitative estimate of drug-likeness (QED) is 0.848. The highest BCUT2D eigenvalue weighted by atomic mass is 19.4. The van der Waals surface area contributed by atoms with Crippen LogP contribution in [0.15, 0.2) is 47.3 Å². The molecular formula is C14H9F3N2O. The predicted molar refractivity (Wildman–Crippen MR) is 66.0 cm³/mol. The van der Waals surface area contributed by atoms with Crippen molar-refractivity contribution in [3.05, 3.63) is 69.6 Å². The van der Waals surface area contributed by atoms with Gasteiger partial charge in [-0.15, -0.1) is 0 Å². The summed E-state index contributed by atoms with van der Waals surface area (Å²) in [6.45, 7) is -0.194. The average molecular weight is 278 g/mol. The van der Waals surface area contributed by atoms with Crippen molar-refractivity contribution in [1.29, 1.82) is 5.26 Å². The maximum Gasteiger partial charge on any atom is 0.431 e. The standard InChI is InChI=1S/C14H9F3N2O/c15-14(16,17)12-2-1-3-13(20)19(12)9-11-6-4-10(8-18)5-7-11/h1-7H,9H2. The number of hydrogen-bond donors (Lipinski definition) is 0. The van der Waals surface area contributed by atoms with Crippen LogP contribution in [0, 0.1) is 11.3 Å². The van der Waals surface area contributed by atoms with Crippen LogP contribution < -0.4 is 5.56 Å². The fourth-order valence-corrected chi connectivity index (χ4v) is 1.80. The van der Waals surface area contributed by atoms with Gasteiger partial charge in [0, 0.05) is 6.07 Å². The van der Waals surface area contributed by atoms with Gasteiger partial charge in [0.1, 0.15) is 5.69 Å². The molecule has 20 heavy (non-hydrogen) atoms. The van der Waals surface area contributed by atoms with Gasteiger partial charge in [-0.05, 0) is 23.8 Å². The van der Waals surface area contributed by atoms with Gasteiger partial charge in [-0.2, -0.15) is 18.4 Å². The van der Waals surface area contributed by atoms with E-state index in [2.05, 4.69) is 0 Å². The van der Waals surface area contributed by atoms with E-state index in [1.54, 1.807) is 0 Å². The third kappa shape index (κ3) is 2.88. The zero-order chi connectivity index (χ0) is 14.8. The maximum absolute atomic E-state index is 12.8. The SMILES string of the molecule is N#Cc1ccc(Cn2c(C(F)(F)F)cccc2=O)cc1. The molecule has 102 valence electrons. The average Bonchev–Trinajstić information content (AvgIpc) is 2.40. The molecule has 0 unspecified atom stereocenters. The van der Waals surface area contributed by atoms with Gasteiger partial charge in [-0.25, -0.2) is 0 Å². The fourth-order valence-electron chi connectivity index (χ4n) is 1.80. The summed E-state index contributed by atoms with van der Waals surface area (Å²) in [6, 6.07) is 11.0. The Kier molecular flexibility index (Phi) is 3.61. The highest BCUT2D eigenvalue weighted by molar-refractivity contribution is 5.32. The molecule has 0 aliphatic heterocycles. The Bertz CT molecular complexity index is 709. The summed E-state index contributed by atoms with van der Waals surface area (Å²) in [7, 11) is 0. The minimum atomic E-state index is -4.59. The molecule has 0 atom stereocenters. The number of nitriles is 1. The van der Waals surface area contributed by atoms with Gasteiger partial charge in [-0.1, -0.05) is 18.2 Å². The van der Waals surface area contributed by atoms with Gasteiger partial charge in [-0.3, -0.25) is 9.36 Å². The summed E-state index contributed by atoms with van der Waals surface area (Å²) in [4.78, 5) is 11.6. The van der Waals surface area contributed by atoms with Crippen LogP contribution in [0.25, 0.3) is 0 Å². The van der Waals surface area contributed by atoms with Gasteiger partial charge in [0.05, 0.1) is 18.2 Å². The van der Waals surface area contributed by atoms with Crippen molar-refractivity contribution in [2.24, 2.45) is 0 Å². The van der Waals surface area contributed by atoms with E-state index in [1.165, 1.54) is 24.3 Å². The van der Waals surface area contributed by atoms with E-state index in [4.69, 9.17) is 5.26 Å². The maximum atomic E-state index is 12.8. The van der Waals surface area contributed by atoms with E-state index in [9.17, 15) is 18.0 Å². The molecule has 0 aliphatic carbocycles. The molecule has 0 saturated carbocycles. The topological polar surface area (TPSA) is 45.8 Å². The molecule has 0 bridgehead atoms. The first-order valence-electron chi connectivity index (χ1n) is 5.68. The molecule has 1 heterocycles. The molecule has 3 nitrogen and oxygen atoms in total. The number of aromatic nitrogens is 1. The normalized spacial score (nSPS) is 11.1. The van der Waals surface area contributed by atoms with Crippen molar-refractivity contribution in [1.82, 2.24) is 4.57 Å². The molecule has 0 aliphatic rings. The Morgan fingerprint density at radius 1 is 1.10 bits per heavy atom. The van der Waals surface area contributed by atoms with E-state index in [-0.39, 0.29) is 6.54 Å². The number of benzene rings is 1. The lowest BCUT2D eigenvalue weighted by Crippen LogP contribution is -2.27. The van der Waals surface area contributed by atoms with Crippen LogP contribution in [0.4, 0.5) is 13.2 Å². The Morgan fingerprint density at radius 2 is 1.75 bits per heavy atom. The summed E-state index contributed by atoms with van der Waals surface area (Å²) in [5.41, 5.74) is -0.786. The Balaban J connectivity index is 2.43. The van der Waals surface area contributed by atoms with Crippen LogP contribution in [0.1, 0.15) is 16.8 Å². The first-order valence-corrected chi connectivity index (χ1v) is 5.68. The third-order valence-electron chi connectivity index (χ3n) is 2.76. The zero-order valence-corrected chi connectivity index (χ0v) is 10.2. The molecule has 0 radical (unpaired) electrons. The molecule has 2 rings (SSSR count). The van der Waals surface area contributed by atoms with E-state index in [0.717, 1.165) is 18.2 Å². The molecule has 0 fully saturated rings. The van der Waals surface area contributed by atoms with Crippen LogP contribution in [-0.4, -0.2) is 4.57 Å². The minimum absolute atomic E-state index is 0.194. The van der Waals surface area contributed by atoms with Gasteiger partial charge in [0.2, 0.25) is 0 Å². The first kappa shape index (κ1) is 13.9. The van der Waals surface area contributed by atoms with Crippen LogP contribution >= 0.6 is 0 Å². The van der Waals surface area contributed by atoms with Crippen molar-refractivity contribution in [3.63, 3.8) is 0 Å². The van der Waals surface area contributed by atoms with Crippen LogP contribution in [0.2, 0.25) is 0 Å². The molecule has 0 N–H and O–H groups in total. The lowest BCUT2D eigenvalue weighted by molar-refractivity contribution is -0.144. The monoisotopic (exact) mass is 278 g/mol. The van der Waals surface area contributed by atoms with E-state index < -0.39 is 17.4 Å². The summed E-state index contributed by atoms with van der Waals surface area (Å²) >= 11 is 0. The summed E-state index contributed by atoms with van der Waals surface area (Å²) in [5.74, 6) is 0. The number of pyridine rings is 1. The Hall–Kier alpha value is -2.55. The van der Waals surface area contributed by atoms with Crippen molar-refractivity contribution >= 4 is 0 Å². The largest absolute Gasteiger partial charge is 0.431 e. The second-order valence-electron chi connectivity index (χ2n) is 4.14. The number of halogens is 3. The van der Waals surface area contributed by atoms with Crippen molar-refractivity contribution in [3.8, 4) is 6.07 Å². The summed E-state index contributed by atoms with van der Waals surface area (Å²) in [6.07, 6.45) is -4.59. The van der Waals surface area contributed by atoms with Crippen molar-refractivity contribution in [2.45, 2.75) is 12.7 Å². The van der Waals surface area contributed by atoms with Gasteiger partial charge >= 0.3 is 6.18 Å². The number of hydrogen-bond acceptors (Lipinski definition) is 2. The highest BCUT2D eigenvalue weighted by Crippen LogP contribution is 2.28. The van der Waals surface area contributed by atoms with Crippen molar-refractivity contribution in [2.75, 3.05) is 0 Å². The Morgan fingerprint density at radius 3 is 2.30 bits per heavy atom. The van der Waals surface area contributed by atoms with E-state index in [0.29, 0.717) is 15.7 Å². The smallest absolute Gasteiger partial charge is 0.300 e. The molecule has 1 aromatic heterocycles. The van der Waals surface area contributed by atoms with Crippen LogP contribution in [-0.2, 0) is 12.7 Å². The third-order valence-corrected chi connectivity index (χ3v) is 2.76. The number of alkyl halides is 3. The van der Waals surface area contributed by atoms with Crippen LogP contribution in [0.5, 0.6) is 0 Å². The van der Waals surface area contributed by atoms with E-state index >= 15 is 0 Å². The molecular weight excluding hydrogens is 269 g/mol. The lowest BCUT2D eigenvalue weighted by Gasteiger charge is -2.14. The lowest BCUT2D eigenvalue weighted by atomic mass is 10.1. The molecule has 0 amide bonds. The Labute approximate surface area is 112 Å². The van der Waals surface area contributed by atoms with Gasteiger partial charge in [0.25, 0.3) is 5.56 Å². The second kappa shape index (κ2) is 5.21. The molecule has 2 aromatic rings. The first-order chi connectivity index (χ1) is 9.41. The van der Waals surface area contributed by atoms with Crippen molar-refractivity contribution < 1.29 is 13.2 Å². The fraction of sp³-hybridized carbons (Fsp3) is 0.143. The zero-order valence-electron chi connectivity index (χ0n) is 10.2. The predicted octanol–water partition coefficient (Wildman–Crippen LogP) is 2.79. The highest BCUT2D eigenvalue weighted by Gasteiger charge is 2.34. The molecule has 0 saturated heterocycles. The number of nitrogens with zero attached hydrogens (tertiary/aromatic N) is 2. The molecule has 0 spiro atoms. The number of rotatable bonds is 2. The van der Waals surface area contributed by atoms with Gasteiger partial charge < -0.3 is 0 Å². The molecule has 6 heteroatoms. The minimum Gasteiger partial charge on any atom is -0.300 e. The van der Waals surface area contributed by atoms with Gasteiger partial charge in [0.15, 0.2) is 0 Å². The summed E-state index contributed by atoms with van der Waals surface area (Å²) in [5, 5.41) is 8.66. The van der Waals surface area contributed by atoms with Crippen LogP contribution in [0.3, 0.4) is 0 Å². The second-order valence-corrected chi connectivity index (χ2v) is 4.14.